The molecule has 1 saturated carbocycles. The number of hydrogen-bond donors (Lipinski definition) is 2. The number of amides is 1. The first-order chi connectivity index (χ1) is 9.06. The van der Waals surface area contributed by atoms with E-state index in [4.69, 9.17) is 5.11 Å². The van der Waals surface area contributed by atoms with Crippen molar-refractivity contribution in [2.75, 3.05) is 13.2 Å². The van der Waals surface area contributed by atoms with Gasteiger partial charge in [0.05, 0.1) is 6.04 Å². The first-order valence-electron chi connectivity index (χ1n) is 7.73. The second kappa shape index (κ2) is 6.23. The molecule has 0 aromatic carbocycles. The van der Waals surface area contributed by atoms with Crippen LogP contribution in [0.5, 0.6) is 0 Å². The summed E-state index contributed by atoms with van der Waals surface area (Å²) in [5, 5.41) is 12.4. The summed E-state index contributed by atoms with van der Waals surface area (Å²) in [4.78, 5) is 14.9. The van der Waals surface area contributed by atoms with Gasteiger partial charge in [-0.2, -0.15) is 0 Å². The molecule has 4 heteroatoms. The van der Waals surface area contributed by atoms with Gasteiger partial charge in [-0.1, -0.05) is 19.3 Å². The van der Waals surface area contributed by atoms with E-state index in [0.29, 0.717) is 12.5 Å². The highest BCUT2D eigenvalue weighted by molar-refractivity contribution is 5.83. The maximum atomic E-state index is 12.8. The fraction of sp³-hybridized carbons (Fsp3) is 0.933. The molecule has 0 aromatic heterocycles. The molecule has 0 aromatic rings. The normalized spacial score (nSPS) is 29.3. The molecule has 2 N–H and O–H groups in total. The number of rotatable bonds is 3. The maximum absolute atomic E-state index is 12.8. The molecule has 1 aliphatic carbocycles. The standard InChI is InChI=1S/C15H28N2O2/c1-15(2)9-10-16-13(8-11-18)14(19)17(15)12-6-4-3-5-7-12/h12-13,16,18H,3-11H2,1-2H3. The smallest absolute Gasteiger partial charge is 0.240 e. The molecule has 0 radical (unpaired) electrons. The number of aliphatic hydroxyl groups is 1. The van der Waals surface area contributed by atoms with E-state index < -0.39 is 0 Å². The van der Waals surface area contributed by atoms with Gasteiger partial charge >= 0.3 is 0 Å². The van der Waals surface area contributed by atoms with Crippen LogP contribution in [0, 0.1) is 0 Å². The van der Waals surface area contributed by atoms with E-state index in [1.54, 1.807) is 0 Å². The van der Waals surface area contributed by atoms with Gasteiger partial charge in [0.15, 0.2) is 0 Å². The molecule has 1 aliphatic heterocycles. The minimum absolute atomic E-state index is 0.0718. The highest BCUT2D eigenvalue weighted by Crippen LogP contribution is 2.32. The van der Waals surface area contributed by atoms with Crippen LogP contribution in [0.2, 0.25) is 0 Å². The molecule has 110 valence electrons. The summed E-state index contributed by atoms with van der Waals surface area (Å²) in [6.07, 6.45) is 7.57. The van der Waals surface area contributed by atoms with Gasteiger partial charge in [0.1, 0.15) is 0 Å². The maximum Gasteiger partial charge on any atom is 0.240 e. The number of aliphatic hydroxyl groups excluding tert-OH is 1. The van der Waals surface area contributed by atoms with E-state index in [2.05, 4.69) is 24.1 Å². The van der Waals surface area contributed by atoms with Crippen LogP contribution in [-0.4, -0.2) is 46.7 Å². The molecule has 1 amide bonds. The lowest BCUT2D eigenvalue weighted by Crippen LogP contribution is -2.56. The van der Waals surface area contributed by atoms with Crippen molar-refractivity contribution >= 4 is 5.91 Å². The Balaban J connectivity index is 2.19. The van der Waals surface area contributed by atoms with Gasteiger partial charge in [-0.15, -0.1) is 0 Å². The van der Waals surface area contributed by atoms with Crippen molar-refractivity contribution in [2.45, 2.75) is 76.4 Å². The van der Waals surface area contributed by atoms with E-state index in [1.807, 2.05) is 0 Å². The fourth-order valence-electron chi connectivity index (χ4n) is 3.59. The second-order valence-electron chi connectivity index (χ2n) is 6.58. The Kier molecular flexibility index (Phi) is 4.85. The third kappa shape index (κ3) is 3.29. The molecular formula is C15H28N2O2. The zero-order valence-corrected chi connectivity index (χ0v) is 12.3. The van der Waals surface area contributed by atoms with Crippen molar-refractivity contribution in [3.8, 4) is 0 Å². The molecule has 0 spiro atoms. The van der Waals surface area contributed by atoms with E-state index in [0.717, 1.165) is 25.8 Å². The number of hydrogen-bond acceptors (Lipinski definition) is 3. The quantitative estimate of drug-likeness (QED) is 0.818. The van der Waals surface area contributed by atoms with E-state index in [1.165, 1.54) is 19.3 Å². The lowest BCUT2D eigenvalue weighted by atomic mass is 9.88. The first kappa shape index (κ1) is 14.8. The van der Waals surface area contributed by atoms with Crippen molar-refractivity contribution in [3.63, 3.8) is 0 Å². The zero-order valence-electron chi connectivity index (χ0n) is 12.3. The molecule has 2 rings (SSSR count). The van der Waals surface area contributed by atoms with Crippen LogP contribution in [0.4, 0.5) is 0 Å². The van der Waals surface area contributed by atoms with Crippen LogP contribution in [0.25, 0.3) is 0 Å². The van der Waals surface area contributed by atoms with Gasteiger partial charge in [-0.25, -0.2) is 0 Å². The minimum atomic E-state index is -0.200. The highest BCUT2D eigenvalue weighted by atomic mass is 16.3. The van der Waals surface area contributed by atoms with E-state index >= 15 is 0 Å². The van der Waals surface area contributed by atoms with Gasteiger partial charge in [0.2, 0.25) is 5.91 Å². The van der Waals surface area contributed by atoms with E-state index in [9.17, 15) is 4.79 Å². The first-order valence-corrected chi connectivity index (χ1v) is 7.73. The molecule has 1 saturated heterocycles. The van der Waals surface area contributed by atoms with Crippen LogP contribution in [0.15, 0.2) is 0 Å². The summed E-state index contributed by atoms with van der Waals surface area (Å²) >= 11 is 0. The number of nitrogens with one attached hydrogen (secondary N) is 1. The lowest BCUT2D eigenvalue weighted by Gasteiger charge is -2.45. The molecule has 0 bridgehead atoms. The van der Waals surface area contributed by atoms with Crippen molar-refractivity contribution in [2.24, 2.45) is 0 Å². The molecule has 1 heterocycles. The zero-order chi connectivity index (χ0) is 13.9. The minimum Gasteiger partial charge on any atom is -0.396 e. The Hall–Kier alpha value is -0.610. The summed E-state index contributed by atoms with van der Waals surface area (Å²) in [5.41, 5.74) is -0.0731. The van der Waals surface area contributed by atoms with Crippen LogP contribution < -0.4 is 5.32 Å². The van der Waals surface area contributed by atoms with Gasteiger partial charge in [-0.05, 0) is 46.1 Å². The van der Waals surface area contributed by atoms with Crippen LogP contribution in [0.1, 0.15) is 58.8 Å². The van der Waals surface area contributed by atoms with Crippen molar-refractivity contribution in [1.29, 1.82) is 0 Å². The summed E-state index contributed by atoms with van der Waals surface area (Å²) in [7, 11) is 0. The molecule has 2 aliphatic rings. The lowest BCUT2D eigenvalue weighted by molar-refractivity contribution is -0.142. The SMILES string of the molecule is CC1(C)CCNC(CCO)C(=O)N1C1CCCCC1. The third-order valence-electron chi connectivity index (χ3n) is 4.67. The summed E-state index contributed by atoms with van der Waals surface area (Å²) in [6, 6.07) is 0.200. The van der Waals surface area contributed by atoms with Crippen molar-refractivity contribution < 1.29 is 9.90 Å². The topological polar surface area (TPSA) is 52.6 Å². The fourth-order valence-corrected chi connectivity index (χ4v) is 3.59. The summed E-state index contributed by atoms with van der Waals surface area (Å²) in [6.45, 7) is 5.29. The number of carbonyl (C=O) groups excluding carboxylic acids is 1. The Labute approximate surface area is 116 Å². The van der Waals surface area contributed by atoms with Gasteiger partial charge in [-0.3, -0.25) is 4.79 Å². The third-order valence-corrected chi connectivity index (χ3v) is 4.67. The Bertz CT molecular complexity index is 311. The van der Waals surface area contributed by atoms with Gasteiger partial charge in [0, 0.05) is 18.2 Å². The summed E-state index contributed by atoms with van der Waals surface area (Å²) in [5.74, 6) is 0.198. The molecular weight excluding hydrogens is 240 g/mol. The molecule has 4 nitrogen and oxygen atoms in total. The van der Waals surface area contributed by atoms with Crippen molar-refractivity contribution in [1.82, 2.24) is 10.2 Å². The average Bonchev–Trinajstić information content (AvgIpc) is 2.48. The molecule has 2 fully saturated rings. The van der Waals surface area contributed by atoms with E-state index in [-0.39, 0.29) is 24.1 Å². The molecule has 19 heavy (non-hydrogen) atoms. The highest BCUT2D eigenvalue weighted by Gasteiger charge is 2.41. The predicted molar refractivity (Wildman–Crippen MR) is 75.9 cm³/mol. The van der Waals surface area contributed by atoms with Crippen molar-refractivity contribution in [3.05, 3.63) is 0 Å². The average molecular weight is 268 g/mol. The monoisotopic (exact) mass is 268 g/mol. The Morgan fingerprint density at radius 3 is 2.63 bits per heavy atom. The largest absolute Gasteiger partial charge is 0.396 e. The Morgan fingerprint density at radius 2 is 2.00 bits per heavy atom. The number of nitrogens with zero attached hydrogens (tertiary/aromatic N) is 1. The molecule has 1 atom stereocenters. The van der Waals surface area contributed by atoms with Gasteiger partial charge < -0.3 is 15.3 Å². The van der Waals surface area contributed by atoms with Crippen LogP contribution in [-0.2, 0) is 4.79 Å². The summed E-state index contributed by atoms with van der Waals surface area (Å²) < 4.78 is 0. The van der Waals surface area contributed by atoms with Crippen LogP contribution >= 0.6 is 0 Å². The molecule has 1 unspecified atom stereocenters. The second-order valence-corrected chi connectivity index (χ2v) is 6.58. The Morgan fingerprint density at radius 1 is 1.32 bits per heavy atom. The van der Waals surface area contributed by atoms with Gasteiger partial charge in [0.25, 0.3) is 0 Å². The van der Waals surface area contributed by atoms with Crippen LogP contribution in [0.3, 0.4) is 0 Å². The number of carbonyl (C=O) groups is 1. The predicted octanol–water partition coefficient (Wildman–Crippen LogP) is 1.67.